The van der Waals surface area contributed by atoms with Crippen LogP contribution in [-0.4, -0.2) is 28.5 Å². The van der Waals surface area contributed by atoms with Gasteiger partial charge in [0.05, 0.1) is 16.1 Å². The molecular formula is C22H31NSi2. The lowest BCUT2D eigenvalue weighted by atomic mass is 10.00. The van der Waals surface area contributed by atoms with Crippen molar-refractivity contribution in [2.24, 2.45) is 0 Å². The van der Waals surface area contributed by atoms with Gasteiger partial charge in [0.1, 0.15) is 0 Å². The van der Waals surface area contributed by atoms with E-state index < -0.39 is 16.1 Å². The molecule has 0 amide bonds. The highest BCUT2D eigenvalue weighted by Crippen LogP contribution is 2.35. The predicted molar refractivity (Wildman–Crippen MR) is 120 cm³/mol. The van der Waals surface area contributed by atoms with Gasteiger partial charge >= 0.3 is 0 Å². The molecular weight excluding hydrogens is 334 g/mol. The number of rotatable bonds is 5. The first-order chi connectivity index (χ1) is 11.6. The van der Waals surface area contributed by atoms with E-state index in [1.165, 1.54) is 39.6 Å². The predicted octanol–water partition coefficient (Wildman–Crippen LogP) is 6.55. The smallest absolute Gasteiger partial charge is 0.0665 e. The van der Waals surface area contributed by atoms with Gasteiger partial charge in [0, 0.05) is 23.4 Å². The summed E-state index contributed by atoms with van der Waals surface area (Å²) >= 11 is 0. The highest BCUT2D eigenvalue weighted by atomic mass is 28.3. The molecule has 1 nitrogen and oxygen atoms in total. The average Bonchev–Trinajstić information content (AvgIpc) is 2.51. The van der Waals surface area contributed by atoms with Crippen molar-refractivity contribution in [1.82, 2.24) is 0 Å². The molecule has 0 aliphatic heterocycles. The van der Waals surface area contributed by atoms with Crippen LogP contribution in [0.1, 0.15) is 0 Å². The van der Waals surface area contributed by atoms with Gasteiger partial charge in [-0.05, 0) is 22.2 Å². The van der Waals surface area contributed by atoms with E-state index in [2.05, 4.69) is 98.8 Å². The quantitative estimate of drug-likeness (QED) is 0.366. The van der Waals surface area contributed by atoms with Crippen LogP contribution in [0.3, 0.4) is 0 Å². The number of benzene rings is 3. The molecule has 0 saturated heterocycles. The number of nitrogens with zero attached hydrogens (tertiary/aromatic N) is 1. The van der Waals surface area contributed by atoms with Gasteiger partial charge in [-0.1, -0.05) is 87.8 Å². The molecule has 0 radical (unpaired) electrons. The number of fused-ring (bicyclic) bond motifs is 3. The monoisotopic (exact) mass is 365 g/mol. The molecule has 0 spiro atoms. The summed E-state index contributed by atoms with van der Waals surface area (Å²) in [4.78, 5) is 2.72. The molecule has 3 aromatic rings. The number of anilines is 1. The molecule has 3 heteroatoms. The fourth-order valence-corrected chi connectivity index (χ4v) is 6.75. The molecule has 0 bridgehead atoms. The Morgan fingerprint density at radius 2 is 1.12 bits per heavy atom. The summed E-state index contributed by atoms with van der Waals surface area (Å²) in [5, 5.41) is 5.50. The zero-order valence-corrected chi connectivity index (χ0v) is 18.6. The van der Waals surface area contributed by atoms with Crippen molar-refractivity contribution in [1.29, 1.82) is 0 Å². The fraction of sp³-hybridized carbons (Fsp3) is 0.364. The van der Waals surface area contributed by atoms with Gasteiger partial charge in [-0.2, -0.15) is 0 Å². The van der Waals surface area contributed by atoms with E-state index in [4.69, 9.17) is 0 Å². The van der Waals surface area contributed by atoms with E-state index in [9.17, 15) is 0 Å². The summed E-state index contributed by atoms with van der Waals surface area (Å²) in [6.45, 7) is 14.9. The van der Waals surface area contributed by atoms with Crippen LogP contribution in [0.25, 0.3) is 21.5 Å². The minimum Gasteiger partial charge on any atom is -0.377 e. The molecule has 0 heterocycles. The van der Waals surface area contributed by atoms with Gasteiger partial charge in [0.2, 0.25) is 0 Å². The van der Waals surface area contributed by atoms with E-state index >= 15 is 0 Å². The zero-order chi connectivity index (χ0) is 18.2. The van der Waals surface area contributed by atoms with E-state index in [1.807, 2.05) is 0 Å². The Kier molecular flexibility index (Phi) is 4.82. The number of hydrogen-bond donors (Lipinski definition) is 0. The van der Waals surface area contributed by atoms with Crippen molar-refractivity contribution < 1.29 is 0 Å². The third-order valence-electron chi connectivity index (χ3n) is 4.42. The topological polar surface area (TPSA) is 3.24 Å². The molecule has 0 N–H and O–H groups in total. The largest absolute Gasteiger partial charge is 0.377 e. The number of hydrogen-bond acceptors (Lipinski definition) is 1. The van der Waals surface area contributed by atoms with E-state index in [0.717, 1.165) is 0 Å². The normalized spacial score (nSPS) is 12.7. The van der Waals surface area contributed by atoms with Crippen LogP contribution in [-0.2, 0) is 0 Å². The molecule has 0 aliphatic carbocycles. The summed E-state index contributed by atoms with van der Waals surface area (Å²) < 4.78 is 0. The second-order valence-corrected chi connectivity index (χ2v) is 20.5. The first-order valence-corrected chi connectivity index (χ1v) is 16.7. The molecule has 0 atom stereocenters. The Morgan fingerprint density at radius 3 is 1.68 bits per heavy atom. The maximum absolute atomic E-state index is 2.72. The Balaban J connectivity index is 2.24. The van der Waals surface area contributed by atoms with Gasteiger partial charge in [0.25, 0.3) is 0 Å². The standard InChI is InChI=1S/C22H31NSi2/c1-24(2,3)16-23(17-25(4,5)6)22-15-18-11-7-8-12-19(18)20-13-9-10-14-21(20)22/h7-15H,16-17H2,1-6H3. The Morgan fingerprint density at radius 1 is 0.640 bits per heavy atom. The van der Waals surface area contributed by atoms with Crippen LogP contribution in [0, 0.1) is 0 Å². The lowest BCUT2D eigenvalue weighted by Gasteiger charge is -2.36. The fourth-order valence-electron chi connectivity index (χ4n) is 3.67. The minimum atomic E-state index is -1.21. The van der Waals surface area contributed by atoms with Crippen molar-refractivity contribution in [2.75, 3.05) is 17.2 Å². The van der Waals surface area contributed by atoms with Crippen LogP contribution in [0.2, 0.25) is 39.3 Å². The Hall–Kier alpha value is -1.59. The molecule has 0 unspecified atom stereocenters. The second-order valence-electron chi connectivity index (χ2n) is 9.64. The molecule has 3 aromatic carbocycles. The van der Waals surface area contributed by atoms with Gasteiger partial charge in [0.15, 0.2) is 0 Å². The molecule has 0 fully saturated rings. The summed E-state index contributed by atoms with van der Waals surface area (Å²) in [7, 11) is -2.42. The second kappa shape index (κ2) is 6.62. The Bertz CT molecular complexity index is 872. The van der Waals surface area contributed by atoms with Crippen molar-refractivity contribution in [2.45, 2.75) is 39.3 Å². The third-order valence-corrected chi connectivity index (χ3v) is 7.08. The molecule has 0 aliphatic rings. The zero-order valence-electron chi connectivity index (χ0n) is 16.6. The Labute approximate surface area is 154 Å². The highest BCUT2D eigenvalue weighted by molar-refractivity contribution is 6.78. The molecule has 0 aromatic heterocycles. The summed E-state index contributed by atoms with van der Waals surface area (Å²) in [5.74, 6) is 0. The average molecular weight is 366 g/mol. The van der Waals surface area contributed by atoms with E-state index in [-0.39, 0.29) is 0 Å². The first kappa shape index (κ1) is 18.2. The molecule has 0 saturated carbocycles. The van der Waals surface area contributed by atoms with Crippen LogP contribution in [0.4, 0.5) is 5.69 Å². The summed E-state index contributed by atoms with van der Waals surface area (Å²) in [6, 6.07) is 20.2. The van der Waals surface area contributed by atoms with Crippen LogP contribution in [0.5, 0.6) is 0 Å². The first-order valence-electron chi connectivity index (χ1n) is 9.30. The van der Waals surface area contributed by atoms with Crippen LogP contribution < -0.4 is 4.90 Å². The van der Waals surface area contributed by atoms with Gasteiger partial charge in [-0.3, -0.25) is 0 Å². The highest BCUT2D eigenvalue weighted by Gasteiger charge is 2.25. The van der Waals surface area contributed by atoms with Gasteiger partial charge in [-0.25, -0.2) is 0 Å². The maximum atomic E-state index is 2.72. The SMILES string of the molecule is C[Si](C)(C)CN(C[Si](C)(C)C)c1cc2ccccc2c2ccccc12. The summed E-state index contributed by atoms with van der Waals surface area (Å²) in [5.41, 5.74) is 1.43. The lowest BCUT2D eigenvalue weighted by molar-refractivity contribution is 1.01. The minimum absolute atomic E-state index is 1.21. The van der Waals surface area contributed by atoms with Crippen molar-refractivity contribution in [3.8, 4) is 0 Å². The maximum Gasteiger partial charge on any atom is 0.0665 e. The van der Waals surface area contributed by atoms with Crippen LogP contribution >= 0.6 is 0 Å². The lowest BCUT2D eigenvalue weighted by Crippen LogP contribution is -2.47. The van der Waals surface area contributed by atoms with Crippen molar-refractivity contribution in [3.05, 3.63) is 54.6 Å². The van der Waals surface area contributed by atoms with E-state index in [0.29, 0.717) is 0 Å². The van der Waals surface area contributed by atoms with Gasteiger partial charge in [-0.15, -0.1) is 0 Å². The van der Waals surface area contributed by atoms with Gasteiger partial charge < -0.3 is 4.90 Å². The molecule has 132 valence electrons. The molecule has 25 heavy (non-hydrogen) atoms. The summed E-state index contributed by atoms with van der Waals surface area (Å²) in [6.07, 6.45) is 2.44. The van der Waals surface area contributed by atoms with Crippen molar-refractivity contribution >= 4 is 43.4 Å². The molecule has 3 rings (SSSR count). The van der Waals surface area contributed by atoms with Crippen LogP contribution in [0.15, 0.2) is 54.6 Å². The van der Waals surface area contributed by atoms with Crippen molar-refractivity contribution in [3.63, 3.8) is 0 Å². The third kappa shape index (κ3) is 4.34. The van der Waals surface area contributed by atoms with E-state index in [1.54, 1.807) is 0 Å².